The van der Waals surface area contributed by atoms with E-state index in [1.165, 1.54) is 0 Å². The number of alkyl halides is 3. The molecule has 3 aliphatic heterocycles. The van der Waals surface area contributed by atoms with Crippen LogP contribution in [0.25, 0.3) is 0 Å². The number of aromatic nitrogens is 1. The molecule has 0 aliphatic carbocycles. The van der Waals surface area contributed by atoms with Gasteiger partial charge in [0.05, 0.1) is 0 Å². The zero-order chi connectivity index (χ0) is 28.0. The van der Waals surface area contributed by atoms with Crippen LogP contribution in [-0.2, 0) is 22.5 Å². The number of hydrogen-bond acceptors (Lipinski definition) is 6. The van der Waals surface area contributed by atoms with E-state index in [9.17, 15) is 22.8 Å². The van der Waals surface area contributed by atoms with E-state index in [4.69, 9.17) is 21.1 Å². The lowest BCUT2D eigenvalue weighted by atomic mass is 9.69. The van der Waals surface area contributed by atoms with Gasteiger partial charge in [-0.05, 0) is 69.5 Å². The summed E-state index contributed by atoms with van der Waals surface area (Å²) in [5.41, 5.74) is 1.34. The van der Waals surface area contributed by atoms with Gasteiger partial charge in [0.25, 0.3) is 5.91 Å². The minimum atomic E-state index is -5.09. The number of fused-ring (bicyclic) bond motifs is 1. The van der Waals surface area contributed by atoms with Crippen LogP contribution in [-0.4, -0.2) is 70.7 Å². The fourth-order valence-corrected chi connectivity index (χ4v) is 6.33. The summed E-state index contributed by atoms with van der Waals surface area (Å²) in [6, 6.07) is 6.98. The predicted molar refractivity (Wildman–Crippen MR) is 137 cm³/mol. The second-order valence-electron chi connectivity index (χ2n) is 11.4. The van der Waals surface area contributed by atoms with Crippen molar-refractivity contribution in [1.82, 2.24) is 14.8 Å². The predicted octanol–water partition coefficient (Wildman–Crippen LogP) is 5.05. The molecular formula is C28H31ClF3N3O4. The number of ether oxygens (including phenoxy) is 2. The van der Waals surface area contributed by atoms with Gasteiger partial charge in [0, 0.05) is 66.6 Å². The van der Waals surface area contributed by atoms with Crippen LogP contribution >= 0.6 is 11.6 Å². The first-order valence-corrected chi connectivity index (χ1v) is 13.4. The number of nitrogens with zero attached hydrogens (tertiary/aromatic N) is 3. The molecule has 1 spiro atoms. The van der Waals surface area contributed by atoms with Gasteiger partial charge in [-0.2, -0.15) is 13.2 Å². The van der Waals surface area contributed by atoms with Gasteiger partial charge in [0.15, 0.2) is 0 Å². The average molecular weight is 566 g/mol. The molecule has 210 valence electrons. The summed E-state index contributed by atoms with van der Waals surface area (Å²) < 4.78 is 51.1. The lowest BCUT2D eigenvalue weighted by Gasteiger charge is -2.51. The molecule has 4 heterocycles. The number of carbonyl (C=O) groups is 2. The van der Waals surface area contributed by atoms with E-state index < -0.39 is 23.7 Å². The molecule has 1 aromatic heterocycles. The van der Waals surface area contributed by atoms with E-state index in [-0.39, 0.29) is 18.1 Å². The first-order valence-electron chi connectivity index (χ1n) is 13.1. The first kappa shape index (κ1) is 27.7. The maximum absolute atomic E-state index is 13.2. The number of hydrogen-bond donors (Lipinski definition) is 0. The van der Waals surface area contributed by atoms with Gasteiger partial charge in [-0.3, -0.25) is 14.7 Å². The van der Waals surface area contributed by atoms with Crippen molar-refractivity contribution in [1.29, 1.82) is 0 Å². The Labute approximate surface area is 230 Å². The summed E-state index contributed by atoms with van der Waals surface area (Å²) in [5, 5.41) is 0.574. The van der Waals surface area contributed by atoms with Crippen molar-refractivity contribution in [2.45, 2.75) is 64.0 Å². The Morgan fingerprint density at radius 2 is 1.79 bits per heavy atom. The molecule has 2 fully saturated rings. The molecule has 1 aromatic carbocycles. The molecular weight excluding hydrogens is 535 g/mol. The van der Waals surface area contributed by atoms with Gasteiger partial charge < -0.3 is 14.4 Å². The number of amides is 1. The highest BCUT2D eigenvalue weighted by atomic mass is 35.5. The molecule has 0 radical (unpaired) electrons. The summed E-state index contributed by atoms with van der Waals surface area (Å²) in [4.78, 5) is 32.5. The number of likely N-dealkylation sites (tertiary alicyclic amines) is 2. The number of piperidine rings is 2. The molecule has 3 aliphatic rings. The Bertz CT molecular complexity index is 1250. The normalized spacial score (nSPS) is 22.3. The highest BCUT2D eigenvalue weighted by molar-refractivity contribution is 6.30. The minimum absolute atomic E-state index is 0.144. The zero-order valence-corrected chi connectivity index (χ0v) is 22.6. The van der Waals surface area contributed by atoms with Crippen molar-refractivity contribution in [3.8, 4) is 5.75 Å². The number of rotatable bonds is 4. The standard InChI is InChI=1S/C28H31ClF3N3O4/c1-26(2)15-19-13-21(29)14-20(23(19)39-26)16-34-10-5-27(22(17-34)38-25(37)28(30,31)32)6-11-35(12-7-27)24(36)18-3-8-33-9-4-18/h3-4,8-9,13-14,22H,5-7,10-12,15-17H2,1-2H3. The van der Waals surface area contributed by atoms with Gasteiger partial charge in [-0.1, -0.05) is 11.6 Å². The average Bonchev–Trinajstić information content (AvgIpc) is 3.20. The Balaban J connectivity index is 1.33. The largest absolute Gasteiger partial charge is 0.490 e. The van der Waals surface area contributed by atoms with Crippen LogP contribution in [0.5, 0.6) is 5.75 Å². The molecule has 39 heavy (non-hydrogen) atoms. The van der Waals surface area contributed by atoms with E-state index in [1.54, 1.807) is 29.4 Å². The molecule has 7 nitrogen and oxygen atoms in total. The Morgan fingerprint density at radius 1 is 1.13 bits per heavy atom. The van der Waals surface area contributed by atoms with Crippen molar-refractivity contribution in [3.05, 3.63) is 58.4 Å². The molecule has 2 saturated heterocycles. The van der Waals surface area contributed by atoms with Crippen LogP contribution < -0.4 is 4.74 Å². The Hall–Kier alpha value is -2.85. The summed E-state index contributed by atoms with van der Waals surface area (Å²) in [6.07, 6.45) is -0.842. The van der Waals surface area contributed by atoms with E-state index >= 15 is 0 Å². The van der Waals surface area contributed by atoms with Crippen molar-refractivity contribution in [2.24, 2.45) is 5.41 Å². The van der Waals surface area contributed by atoms with E-state index in [0.29, 0.717) is 62.4 Å². The van der Waals surface area contributed by atoms with E-state index in [1.807, 2.05) is 30.9 Å². The smallest absolute Gasteiger partial charge is 0.487 e. The van der Waals surface area contributed by atoms with Crippen molar-refractivity contribution in [3.63, 3.8) is 0 Å². The number of esters is 1. The number of carbonyl (C=O) groups excluding carboxylic acids is 2. The van der Waals surface area contributed by atoms with Crippen LogP contribution in [0, 0.1) is 5.41 Å². The Kier molecular flexibility index (Phi) is 7.30. The highest BCUT2D eigenvalue weighted by Crippen LogP contribution is 2.45. The van der Waals surface area contributed by atoms with Crippen molar-refractivity contribution < 1.29 is 32.2 Å². The van der Waals surface area contributed by atoms with Crippen LogP contribution in [0.3, 0.4) is 0 Å². The molecule has 5 rings (SSSR count). The summed E-state index contributed by atoms with van der Waals surface area (Å²) in [6.45, 7) is 5.87. The molecule has 1 atom stereocenters. The third-order valence-electron chi connectivity index (χ3n) is 8.08. The summed E-state index contributed by atoms with van der Waals surface area (Å²) in [5.74, 6) is -1.57. The maximum atomic E-state index is 13.2. The fourth-order valence-electron chi connectivity index (χ4n) is 6.07. The van der Waals surface area contributed by atoms with Crippen LogP contribution in [0.1, 0.15) is 54.6 Å². The summed E-state index contributed by atoms with van der Waals surface area (Å²) in [7, 11) is 0. The molecule has 1 unspecified atom stereocenters. The van der Waals surface area contributed by atoms with E-state index in [0.717, 1.165) is 16.9 Å². The molecule has 0 saturated carbocycles. The first-order chi connectivity index (χ1) is 18.4. The third-order valence-corrected chi connectivity index (χ3v) is 8.30. The van der Waals surface area contributed by atoms with Gasteiger partial charge >= 0.3 is 12.1 Å². The van der Waals surface area contributed by atoms with Crippen LogP contribution in [0.4, 0.5) is 13.2 Å². The monoisotopic (exact) mass is 565 g/mol. The quantitative estimate of drug-likeness (QED) is 0.483. The molecule has 11 heteroatoms. The van der Waals surface area contributed by atoms with Crippen LogP contribution in [0.2, 0.25) is 5.02 Å². The van der Waals surface area contributed by atoms with E-state index in [2.05, 4.69) is 4.98 Å². The van der Waals surface area contributed by atoms with Crippen molar-refractivity contribution >= 4 is 23.5 Å². The van der Waals surface area contributed by atoms with Crippen molar-refractivity contribution in [2.75, 3.05) is 26.2 Å². The number of halogens is 4. The van der Waals surface area contributed by atoms with Gasteiger partial charge in [-0.15, -0.1) is 0 Å². The lowest BCUT2D eigenvalue weighted by molar-refractivity contribution is -0.216. The highest BCUT2D eigenvalue weighted by Gasteiger charge is 2.51. The minimum Gasteiger partial charge on any atom is -0.487 e. The topological polar surface area (TPSA) is 72.0 Å². The van der Waals surface area contributed by atoms with Crippen LogP contribution in [0.15, 0.2) is 36.7 Å². The molecule has 0 bridgehead atoms. The van der Waals surface area contributed by atoms with Gasteiger partial charge in [0.2, 0.25) is 0 Å². The second kappa shape index (κ2) is 10.3. The van der Waals surface area contributed by atoms with Gasteiger partial charge in [-0.25, -0.2) is 4.79 Å². The summed E-state index contributed by atoms with van der Waals surface area (Å²) >= 11 is 6.38. The lowest BCUT2D eigenvalue weighted by Crippen LogP contribution is -2.57. The fraction of sp³-hybridized carbons (Fsp3) is 0.536. The second-order valence-corrected chi connectivity index (χ2v) is 11.8. The molecule has 2 aromatic rings. The number of benzene rings is 1. The third kappa shape index (κ3) is 5.87. The zero-order valence-electron chi connectivity index (χ0n) is 21.9. The molecule has 0 N–H and O–H groups in total. The number of pyridine rings is 1. The Morgan fingerprint density at radius 3 is 2.46 bits per heavy atom. The maximum Gasteiger partial charge on any atom is 0.490 e. The SMILES string of the molecule is CC1(C)Cc2cc(Cl)cc(CN3CCC4(CCN(C(=O)c5ccncc5)CC4)C(OC(=O)C(F)(F)F)C3)c2O1. The molecule has 1 amide bonds. The van der Waals surface area contributed by atoms with Gasteiger partial charge in [0.1, 0.15) is 17.5 Å².